The Morgan fingerprint density at radius 2 is 1.77 bits per heavy atom. The van der Waals surface area contributed by atoms with Crippen molar-refractivity contribution < 1.29 is 5.11 Å². The first-order valence-corrected chi connectivity index (χ1v) is 5.38. The lowest BCUT2D eigenvalue weighted by Crippen LogP contribution is -2.51. The molecule has 1 saturated heterocycles. The minimum absolute atomic E-state index is 0.0524. The second-order valence-corrected chi connectivity index (χ2v) is 4.40. The third-order valence-electron chi connectivity index (χ3n) is 3.45. The second-order valence-electron chi connectivity index (χ2n) is 4.40. The van der Waals surface area contributed by atoms with Crippen molar-refractivity contribution in [1.29, 1.82) is 0 Å². The van der Waals surface area contributed by atoms with E-state index in [1.807, 2.05) is 0 Å². The lowest BCUT2D eigenvalue weighted by Gasteiger charge is -2.37. The third kappa shape index (κ3) is 2.03. The van der Waals surface area contributed by atoms with Crippen LogP contribution < -0.4 is 0 Å². The fraction of sp³-hybridized carbons (Fsp3) is 1.00. The first kappa shape index (κ1) is 9.44. The molecule has 76 valence electrons. The maximum atomic E-state index is 9.75. The molecule has 0 unspecified atom stereocenters. The Kier molecular flexibility index (Phi) is 2.86. The molecule has 0 aromatic heterocycles. The number of likely N-dealkylation sites (N-methyl/N-ethyl adjacent to an activating group) is 1. The summed E-state index contributed by atoms with van der Waals surface area (Å²) in [5, 5.41) is 9.75. The van der Waals surface area contributed by atoms with Gasteiger partial charge in [-0.3, -0.25) is 4.90 Å². The Hall–Kier alpha value is -0.120. The predicted molar refractivity (Wildman–Crippen MR) is 52.7 cm³/mol. The molecule has 13 heavy (non-hydrogen) atoms. The van der Waals surface area contributed by atoms with Crippen molar-refractivity contribution in [1.82, 2.24) is 9.80 Å². The Balaban J connectivity index is 1.86. The average Bonchev–Trinajstić information content (AvgIpc) is 2.53. The number of nitrogens with zero attached hydrogens (tertiary/aromatic N) is 2. The van der Waals surface area contributed by atoms with Crippen LogP contribution in [0.4, 0.5) is 0 Å². The molecule has 2 fully saturated rings. The number of rotatable bonds is 1. The Morgan fingerprint density at radius 1 is 1.08 bits per heavy atom. The van der Waals surface area contributed by atoms with Gasteiger partial charge >= 0.3 is 0 Å². The molecule has 1 N–H and O–H groups in total. The lowest BCUT2D eigenvalue weighted by molar-refractivity contribution is 0.0415. The van der Waals surface area contributed by atoms with E-state index in [0.717, 1.165) is 32.6 Å². The van der Waals surface area contributed by atoms with Gasteiger partial charge in [0.05, 0.1) is 6.10 Å². The molecule has 0 radical (unpaired) electrons. The number of aliphatic hydroxyl groups excluding tert-OH is 1. The fourth-order valence-electron chi connectivity index (χ4n) is 2.50. The molecule has 1 saturated carbocycles. The molecule has 2 rings (SSSR count). The number of hydrogen-bond acceptors (Lipinski definition) is 3. The number of hydrogen-bond donors (Lipinski definition) is 1. The summed E-state index contributed by atoms with van der Waals surface area (Å²) in [6, 6.07) is 0.466. The minimum Gasteiger partial charge on any atom is -0.391 e. The van der Waals surface area contributed by atoms with Gasteiger partial charge in [-0.1, -0.05) is 0 Å². The van der Waals surface area contributed by atoms with E-state index >= 15 is 0 Å². The lowest BCUT2D eigenvalue weighted by atomic mass is 10.1. The van der Waals surface area contributed by atoms with E-state index < -0.39 is 0 Å². The topological polar surface area (TPSA) is 26.7 Å². The smallest absolute Gasteiger partial charge is 0.0695 e. The van der Waals surface area contributed by atoms with E-state index in [-0.39, 0.29) is 6.10 Å². The maximum Gasteiger partial charge on any atom is 0.0695 e. The Morgan fingerprint density at radius 3 is 2.31 bits per heavy atom. The summed E-state index contributed by atoms with van der Waals surface area (Å²) in [4.78, 5) is 4.83. The van der Waals surface area contributed by atoms with E-state index in [0.29, 0.717) is 6.04 Å². The van der Waals surface area contributed by atoms with Gasteiger partial charge in [0, 0.05) is 32.2 Å². The van der Waals surface area contributed by atoms with E-state index in [4.69, 9.17) is 0 Å². The first-order chi connectivity index (χ1) is 6.27. The highest BCUT2D eigenvalue weighted by Gasteiger charge is 2.31. The zero-order valence-corrected chi connectivity index (χ0v) is 8.45. The van der Waals surface area contributed by atoms with Crippen LogP contribution in [0, 0.1) is 0 Å². The highest BCUT2D eigenvalue weighted by molar-refractivity contribution is 4.87. The van der Waals surface area contributed by atoms with Crippen LogP contribution in [0.15, 0.2) is 0 Å². The summed E-state index contributed by atoms with van der Waals surface area (Å²) in [5.74, 6) is 0. The predicted octanol–water partition coefficient (Wildman–Crippen LogP) is 0.147. The maximum absolute atomic E-state index is 9.75. The summed E-state index contributed by atoms with van der Waals surface area (Å²) in [7, 11) is 2.17. The summed E-state index contributed by atoms with van der Waals surface area (Å²) >= 11 is 0. The van der Waals surface area contributed by atoms with Crippen molar-refractivity contribution in [2.24, 2.45) is 0 Å². The minimum atomic E-state index is -0.0524. The third-order valence-corrected chi connectivity index (χ3v) is 3.45. The normalized spacial score (nSPS) is 38.3. The van der Waals surface area contributed by atoms with Gasteiger partial charge in [0.15, 0.2) is 0 Å². The Labute approximate surface area is 80.3 Å². The van der Waals surface area contributed by atoms with Gasteiger partial charge in [0.2, 0.25) is 0 Å². The van der Waals surface area contributed by atoms with Crippen molar-refractivity contribution in [2.75, 3.05) is 33.2 Å². The van der Waals surface area contributed by atoms with Gasteiger partial charge < -0.3 is 10.0 Å². The van der Waals surface area contributed by atoms with E-state index in [9.17, 15) is 5.11 Å². The highest BCUT2D eigenvalue weighted by atomic mass is 16.3. The van der Waals surface area contributed by atoms with Crippen molar-refractivity contribution in [3.8, 4) is 0 Å². The standard InChI is InChI=1S/C10H20N2O/c1-11-5-7-12(8-6-11)9-3-2-4-10(9)13/h9-10,13H,2-8H2,1H3/t9-,10-/m1/s1. The highest BCUT2D eigenvalue weighted by Crippen LogP contribution is 2.24. The van der Waals surface area contributed by atoms with E-state index in [2.05, 4.69) is 16.8 Å². The molecule has 0 aromatic rings. The molecule has 0 aromatic carbocycles. The molecule has 1 aliphatic carbocycles. The molecule has 2 atom stereocenters. The molecule has 3 heteroatoms. The van der Waals surface area contributed by atoms with E-state index in [1.54, 1.807) is 0 Å². The molecule has 0 amide bonds. The molecular formula is C10H20N2O. The Bertz CT molecular complexity index is 166. The van der Waals surface area contributed by atoms with Crippen LogP contribution in [-0.2, 0) is 0 Å². The van der Waals surface area contributed by atoms with Gasteiger partial charge in [0.1, 0.15) is 0 Å². The summed E-state index contributed by atoms with van der Waals surface area (Å²) in [6.45, 7) is 4.59. The van der Waals surface area contributed by atoms with Crippen LogP contribution in [0.1, 0.15) is 19.3 Å². The molecule has 0 bridgehead atoms. The molecule has 0 spiro atoms. The number of aliphatic hydroxyl groups is 1. The molecule has 1 aliphatic heterocycles. The van der Waals surface area contributed by atoms with Crippen molar-refractivity contribution in [3.05, 3.63) is 0 Å². The SMILES string of the molecule is CN1CCN([C@@H]2CCC[C@H]2O)CC1. The van der Waals surface area contributed by atoms with Gasteiger partial charge in [-0.05, 0) is 26.3 Å². The quantitative estimate of drug-likeness (QED) is 0.628. The summed E-state index contributed by atoms with van der Waals surface area (Å²) < 4.78 is 0. The van der Waals surface area contributed by atoms with Crippen molar-refractivity contribution >= 4 is 0 Å². The number of piperazine rings is 1. The zero-order valence-electron chi connectivity index (χ0n) is 8.45. The fourth-order valence-corrected chi connectivity index (χ4v) is 2.50. The van der Waals surface area contributed by atoms with Gasteiger partial charge in [0.25, 0.3) is 0 Å². The molecular weight excluding hydrogens is 164 g/mol. The summed E-state index contributed by atoms with van der Waals surface area (Å²) in [6.07, 6.45) is 3.36. The largest absolute Gasteiger partial charge is 0.391 e. The summed E-state index contributed by atoms with van der Waals surface area (Å²) in [5.41, 5.74) is 0. The van der Waals surface area contributed by atoms with Crippen molar-refractivity contribution in [3.63, 3.8) is 0 Å². The van der Waals surface area contributed by atoms with Crippen LogP contribution in [0.25, 0.3) is 0 Å². The van der Waals surface area contributed by atoms with Crippen LogP contribution >= 0.6 is 0 Å². The van der Waals surface area contributed by atoms with Gasteiger partial charge in [-0.25, -0.2) is 0 Å². The van der Waals surface area contributed by atoms with Gasteiger partial charge in [-0.2, -0.15) is 0 Å². The molecule has 2 aliphatic rings. The van der Waals surface area contributed by atoms with Crippen LogP contribution in [0.2, 0.25) is 0 Å². The van der Waals surface area contributed by atoms with Crippen LogP contribution in [0.5, 0.6) is 0 Å². The van der Waals surface area contributed by atoms with Crippen LogP contribution in [-0.4, -0.2) is 60.3 Å². The molecule has 1 heterocycles. The monoisotopic (exact) mass is 184 g/mol. The van der Waals surface area contributed by atoms with E-state index in [1.165, 1.54) is 12.8 Å². The van der Waals surface area contributed by atoms with Crippen LogP contribution in [0.3, 0.4) is 0 Å². The van der Waals surface area contributed by atoms with Gasteiger partial charge in [-0.15, -0.1) is 0 Å². The zero-order chi connectivity index (χ0) is 9.26. The second kappa shape index (κ2) is 3.95. The van der Waals surface area contributed by atoms with Crippen molar-refractivity contribution in [2.45, 2.75) is 31.4 Å². The average molecular weight is 184 g/mol. The molecule has 3 nitrogen and oxygen atoms in total. The first-order valence-electron chi connectivity index (χ1n) is 5.38.